The minimum atomic E-state index is -0.197. The van der Waals surface area contributed by atoms with Crippen LogP contribution in [0.15, 0.2) is 38.9 Å². The van der Waals surface area contributed by atoms with Gasteiger partial charge in [0.25, 0.3) is 11.9 Å². The van der Waals surface area contributed by atoms with Crippen LogP contribution in [-0.4, -0.2) is 33.3 Å². The standard InChI is InChI=1S/C17H17N5O3/c1-2-15(23)19-14-9-12(13-7-4-8-25-13)21-22(14)17-18-11-6-3-5-10(11)16(24)20-17/h4,7-10H,2-3,5-6H2,1H3,(H,19,23). The van der Waals surface area contributed by atoms with Crippen LogP contribution in [0.5, 0.6) is 0 Å². The first kappa shape index (κ1) is 15.5. The number of aromatic nitrogens is 2. The Morgan fingerprint density at radius 1 is 1.44 bits per heavy atom. The van der Waals surface area contributed by atoms with E-state index in [9.17, 15) is 9.59 Å². The van der Waals surface area contributed by atoms with Crippen molar-refractivity contribution in [3.8, 4) is 11.5 Å². The van der Waals surface area contributed by atoms with Gasteiger partial charge < -0.3 is 9.73 Å². The van der Waals surface area contributed by atoms with Crippen molar-refractivity contribution in [2.24, 2.45) is 15.9 Å². The number of aliphatic imine (C=N–C) groups is 2. The number of amides is 2. The Labute approximate surface area is 143 Å². The molecule has 4 rings (SSSR count). The fourth-order valence-corrected chi connectivity index (χ4v) is 3.05. The Bertz CT molecular complexity index is 892. The molecule has 1 unspecified atom stereocenters. The summed E-state index contributed by atoms with van der Waals surface area (Å²) >= 11 is 0. The van der Waals surface area contributed by atoms with Gasteiger partial charge in [-0.1, -0.05) is 6.92 Å². The maximum atomic E-state index is 12.3. The van der Waals surface area contributed by atoms with Crippen LogP contribution in [0.1, 0.15) is 32.6 Å². The number of carbonyl (C=O) groups is 2. The third-order valence-electron chi connectivity index (χ3n) is 4.34. The molecule has 1 fully saturated rings. The van der Waals surface area contributed by atoms with Gasteiger partial charge in [-0.25, -0.2) is 4.99 Å². The zero-order valence-electron chi connectivity index (χ0n) is 13.7. The first-order chi connectivity index (χ1) is 12.2. The lowest BCUT2D eigenvalue weighted by molar-refractivity contribution is -0.119. The number of nitrogens with zero attached hydrogens (tertiary/aromatic N) is 4. The highest BCUT2D eigenvalue weighted by atomic mass is 16.3. The highest BCUT2D eigenvalue weighted by Gasteiger charge is 2.33. The second-order valence-corrected chi connectivity index (χ2v) is 6.00. The van der Waals surface area contributed by atoms with E-state index in [2.05, 4.69) is 20.4 Å². The molecule has 0 radical (unpaired) electrons. The van der Waals surface area contributed by atoms with Crippen molar-refractivity contribution in [3.63, 3.8) is 0 Å². The van der Waals surface area contributed by atoms with Crippen LogP contribution in [0.4, 0.5) is 5.82 Å². The number of carbonyl (C=O) groups excluding carboxylic acids is 2. The molecule has 2 amide bonds. The van der Waals surface area contributed by atoms with Crippen LogP contribution in [0, 0.1) is 5.92 Å². The van der Waals surface area contributed by atoms with Crippen molar-refractivity contribution >= 4 is 29.3 Å². The summed E-state index contributed by atoms with van der Waals surface area (Å²) in [6, 6.07) is 5.20. The molecule has 3 heterocycles. The number of rotatable bonds is 3. The molecule has 2 aromatic heterocycles. The molecule has 1 atom stereocenters. The molecular formula is C17H17N5O3. The molecule has 1 N–H and O–H groups in total. The summed E-state index contributed by atoms with van der Waals surface area (Å²) in [6.07, 6.45) is 4.39. The highest BCUT2D eigenvalue weighted by Crippen LogP contribution is 2.28. The summed E-state index contributed by atoms with van der Waals surface area (Å²) in [5.74, 6) is 0.590. The fourth-order valence-electron chi connectivity index (χ4n) is 3.05. The van der Waals surface area contributed by atoms with E-state index in [4.69, 9.17) is 4.42 Å². The van der Waals surface area contributed by atoms with Gasteiger partial charge in [0, 0.05) is 18.2 Å². The second kappa shape index (κ2) is 6.12. The molecule has 1 aliphatic carbocycles. The van der Waals surface area contributed by atoms with E-state index >= 15 is 0 Å². The van der Waals surface area contributed by atoms with Crippen molar-refractivity contribution < 1.29 is 14.0 Å². The molecule has 0 aromatic carbocycles. The lowest BCUT2D eigenvalue weighted by atomic mass is 10.1. The van der Waals surface area contributed by atoms with Gasteiger partial charge in [0.2, 0.25) is 5.91 Å². The largest absolute Gasteiger partial charge is 0.463 e. The number of fused-ring (bicyclic) bond motifs is 1. The smallest absolute Gasteiger partial charge is 0.257 e. The topological polar surface area (TPSA) is 102 Å². The summed E-state index contributed by atoms with van der Waals surface area (Å²) in [6.45, 7) is 1.76. The van der Waals surface area contributed by atoms with Crippen molar-refractivity contribution in [2.75, 3.05) is 5.32 Å². The summed E-state index contributed by atoms with van der Waals surface area (Å²) in [4.78, 5) is 32.7. The molecule has 128 valence electrons. The Kier molecular flexibility index (Phi) is 3.79. The normalized spacial score (nSPS) is 19.4. The highest BCUT2D eigenvalue weighted by molar-refractivity contribution is 6.17. The molecule has 2 aromatic rings. The Morgan fingerprint density at radius 3 is 3.08 bits per heavy atom. The monoisotopic (exact) mass is 339 g/mol. The first-order valence-electron chi connectivity index (χ1n) is 8.30. The predicted octanol–water partition coefficient (Wildman–Crippen LogP) is 2.48. The van der Waals surface area contributed by atoms with Crippen LogP contribution in [0.3, 0.4) is 0 Å². The Balaban J connectivity index is 1.77. The fraction of sp³-hybridized carbons (Fsp3) is 0.353. The molecule has 8 heteroatoms. The average Bonchev–Trinajstić information content (AvgIpc) is 3.34. The minimum Gasteiger partial charge on any atom is -0.463 e. The third-order valence-corrected chi connectivity index (χ3v) is 4.34. The Hall–Kier alpha value is -3.03. The SMILES string of the molecule is CCC(=O)Nc1cc(-c2ccco2)nn1C1=NC(=O)C2CCCC2=N1. The zero-order valence-corrected chi connectivity index (χ0v) is 13.7. The van der Waals surface area contributed by atoms with Gasteiger partial charge in [-0.3, -0.25) is 9.59 Å². The average molecular weight is 339 g/mol. The van der Waals surface area contributed by atoms with Gasteiger partial charge in [-0.05, 0) is 31.4 Å². The summed E-state index contributed by atoms with van der Waals surface area (Å²) in [7, 11) is 0. The van der Waals surface area contributed by atoms with Crippen molar-refractivity contribution in [3.05, 3.63) is 24.5 Å². The van der Waals surface area contributed by atoms with Gasteiger partial charge in [0.15, 0.2) is 5.76 Å². The lowest BCUT2D eigenvalue weighted by Gasteiger charge is -2.15. The second-order valence-electron chi connectivity index (χ2n) is 6.00. The van der Waals surface area contributed by atoms with Crippen molar-refractivity contribution in [1.82, 2.24) is 9.78 Å². The van der Waals surface area contributed by atoms with Gasteiger partial charge in [0.05, 0.1) is 12.2 Å². The maximum Gasteiger partial charge on any atom is 0.257 e. The summed E-state index contributed by atoms with van der Waals surface area (Å²) < 4.78 is 6.76. The molecule has 8 nitrogen and oxygen atoms in total. The number of furan rings is 1. The van der Waals surface area contributed by atoms with E-state index in [-0.39, 0.29) is 23.7 Å². The van der Waals surface area contributed by atoms with E-state index in [0.29, 0.717) is 23.7 Å². The zero-order chi connectivity index (χ0) is 17.4. The third kappa shape index (κ3) is 2.79. The number of hydrogen-bond acceptors (Lipinski definition) is 5. The van der Waals surface area contributed by atoms with Crippen LogP contribution >= 0.6 is 0 Å². The van der Waals surface area contributed by atoms with Gasteiger partial charge in [0.1, 0.15) is 11.5 Å². The molecule has 0 spiro atoms. The number of hydrogen-bond donors (Lipinski definition) is 1. The van der Waals surface area contributed by atoms with Gasteiger partial charge >= 0.3 is 0 Å². The van der Waals surface area contributed by atoms with E-state index in [0.717, 1.165) is 25.0 Å². The van der Waals surface area contributed by atoms with Crippen LogP contribution in [0.2, 0.25) is 0 Å². The summed E-state index contributed by atoms with van der Waals surface area (Å²) in [5, 5.41) is 7.20. The maximum absolute atomic E-state index is 12.3. The van der Waals surface area contributed by atoms with E-state index in [1.807, 2.05) is 0 Å². The molecule has 0 saturated heterocycles. The molecule has 1 aliphatic heterocycles. The minimum absolute atomic E-state index is 0.165. The van der Waals surface area contributed by atoms with Gasteiger partial charge in [-0.15, -0.1) is 0 Å². The first-order valence-corrected chi connectivity index (χ1v) is 8.30. The van der Waals surface area contributed by atoms with Gasteiger partial charge in [-0.2, -0.15) is 14.8 Å². The van der Waals surface area contributed by atoms with Crippen LogP contribution < -0.4 is 5.32 Å². The van der Waals surface area contributed by atoms with E-state index in [1.165, 1.54) is 4.68 Å². The van der Waals surface area contributed by atoms with Crippen LogP contribution in [-0.2, 0) is 9.59 Å². The van der Waals surface area contributed by atoms with Crippen LogP contribution in [0.25, 0.3) is 11.5 Å². The Morgan fingerprint density at radius 2 is 2.32 bits per heavy atom. The molecule has 0 bridgehead atoms. The molecular weight excluding hydrogens is 322 g/mol. The number of nitrogens with one attached hydrogen (secondary N) is 1. The summed E-state index contributed by atoms with van der Waals surface area (Å²) in [5.41, 5.74) is 1.37. The molecule has 2 aliphatic rings. The van der Waals surface area contributed by atoms with E-state index < -0.39 is 0 Å². The van der Waals surface area contributed by atoms with Crippen molar-refractivity contribution in [1.29, 1.82) is 0 Å². The quantitative estimate of drug-likeness (QED) is 0.928. The van der Waals surface area contributed by atoms with E-state index in [1.54, 1.807) is 31.4 Å². The predicted molar refractivity (Wildman–Crippen MR) is 91.5 cm³/mol. The van der Waals surface area contributed by atoms with Crippen molar-refractivity contribution in [2.45, 2.75) is 32.6 Å². The lowest BCUT2D eigenvalue weighted by Crippen LogP contribution is -2.28. The molecule has 25 heavy (non-hydrogen) atoms. The molecule has 1 saturated carbocycles. The number of anilines is 1.